The molecular formula is C16H8ClF3N2O. The summed E-state index contributed by atoms with van der Waals surface area (Å²) in [4.78, 5) is 11.3. The summed E-state index contributed by atoms with van der Waals surface area (Å²) in [6, 6.07) is 8.77. The highest BCUT2D eigenvalue weighted by Crippen LogP contribution is 2.31. The topological polar surface area (TPSA) is 34.9 Å². The minimum absolute atomic E-state index is 0.0211. The van der Waals surface area contributed by atoms with E-state index in [1.165, 1.54) is 24.3 Å². The van der Waals surface area contributed by atoms with Crippen molar-refractivity contribution in [3.63, 3.8) is 0 Å². The number of aldehydes is 1. The van der Waals surface area contributed by atoms with Crippen LogP contribution in [0, 0.1) is 17.5 Å². The molecule has 0 saturated carbocycles. The third-order valence-corrected chi connectivity index (χ3v) is 3.62. The molecule has 0 atom stereocenters. The molecule has 1 heterocycles. The van der Waals surface area contributed by atoms with Crippen LogP contribution in [0.4, 0.5) is 13.2 Å². The quantitative estimate of drug-likeness (QED) is 0.663. The summed E-state index contributed by atoms with van der Waals surface area (Å²) in [5.74, 6) is -2.70. The normalized spacial score (nSPS) is 10.8. The van der Waals surface area contributed by atoms with Crippen LogP contribution in [0.1, 0.15) is 10.4 Å². The maximum absolute atomic E-state index is 13.9. The number of carbonyl (C=O) groups excluding carboxylic acids is 1. The van der Waals surface area contributed by atoms with Gasteiger partial charge in [-0.3, -0.25) is 4.79 Å². The lowest BCUT2D eigenvalue weighted by Gasteiger charge is -2.03. The van der Waals surface area contributed by atoms with Gasteiger partial charge in [-0.05, 0) is 24.3 Å². The summed E-state index contributed by atoms with van der Waals surface area (Å²) >= 11 is 6.09. The number of rotatable bonds is 3. The van der Waals surface area contributed by atoms with E-state index in [1.807, 2.05) is 0 Å². The Hall–Kier alpha value is -2.60. The average molecular weight is 337 g/mol. The molecule has 0 spiro atoms. The number of halogens is 4. The molecule has 3 nitrogen and oxygen atoms in total. The Labute approximate surface area is 133 Å². The molecule has 0 aliphatic carbocycles. The third kappa shape index (κ3) is 2.61. The second kappa shape index (κ2) is 5.89. The molecule has 0 radical (unpaired) electrons. The van der Waals surface area contributed by atoms with Gasteiger partial charge in [0, 0.05) is 11.6 Å². The van der Waals surface area contributed by atoms with Crippen molar-refractivity contribution in [1.29, 1.82) is 0 Å². The summed E-state index contributed by atoms with van der Waals surface area (Å²) in [5, 5.41) is 3.96. The van der Waals surface area contributed by atoms with E-state index in [-0.39, 0.29) is 27.7 Å². The highest BCUT2D eigenvalue weighted by Gasteiger charge is 2.21. The van der Waals surface area contributed by atoms with Gasteiger partial charge in [-0.15, -0.1) is 0 Å². The van der Waals surface area contributed by atoms with Crippen molar-refractivity contribution >= 4 is 17.9 Å². The Kier molecular flexibility index (Phi) is 3.92. The minimum Gasteiger partial charge on any atom is -0.298 e. The molecule has 7 heteroatoms. The maximum atomic E-state index is 13.9. The van der Waals surface area contributed by atoms with Crippen LogP contribution >= 0.6 is 11.6 Å². The third-order valence-electron chi connectivity index (χ3n) is 3.26. The standard InChI is InChI=1S/C16H8ClF3N2O/c17-16-11(8-23)15(10-3-1-2-4-12(10)18)21-22(16)9-5-6-13(19)14(20)7-9/h1-8H. The molecule has 0 N–H and O–H groups in total. The molecule has 116 valence electrons. The second-order valence-corrected chi connectivity index (χ2v) is 5.02. The monoisotopic (exact) mass is 336 g/mol. The summed E-state index contributed by atoms with van der Waals surface area (Å²) in [6.45, 7) is 0. The zero-order valence-corrected chi connectivity index (χ0v) is 12.2. The minimum atomic E-state index is -1.09. The van der Waals surface area contributed by atoms with Crippen LogP contribution in [0.2, 0.25) is 5.15 Å². The van der Waals surface area contributed by atoms with Crippen molar-refractivity contribution in [3.8, 4) is 16.9 Å². The van der Waals surface area contributed by atoms with Gasteiger partial charge in [0.05, 0.1) is 11.3 Å². The number of aromatic nitrogens is 2. The van der Waals surface area contributed by atoms with E-state index in [4.69, 9.17) is 11.6 Å². The van der Waals surface area contributed by atoms with Crippen molar-refractivity contribution in [2.45, 2.75) is 0 Å². The number of nitrogens with zero attached hydrogens (tertiary/aromatic N) is 2. The van der Waals surface area contributed by atoms with Crippen LogP contribution in [0.5, 0.6) is 0 Å². The van der Waals surface area contributed by atoms with Gasteiger partial charge in [0.2, 0.25) is 0 Å². The lowest BCUT2D eigenvalue weighted by molar-refractivity contribution is 0.112. The first-order valence-electron chi connectivity index (χ1n) is 6.47. The van der Waals surface area contributed by atoms with Crippen LogP contribution < -0.4 is 0 Å². The number of benzene rings is 2. The zero-order chi connectivity index (χ0) is 16.6. The zero-order valence-electron chi connectivity index (χ0n) is 11.4. The van der Waals surface area contributed by atoms with Crippen molar-refractivity contribution in [2.24, 2.45) is 0 Å². The molecule has 2 aromatic carbocycles. The van der Waals surface area contributed by atoms with Crippen LogP contribution in [-0.4, -0.2) is 16.1 Å². The maximum Gasteiger partial charge on any atom is 0.160 e. The molecule has 0 bridgehead atoms. The van der Waals surface area contributed by atoms with Crippen molar-refractivity contribution < 1.29 is 18.0 Å². The largest absolute Gasteiger partial charge is 0.298 e. The molecule has 0 saturated heterocycles. The number of hydrogen-bond acceptors (Lipinski definition) is 2. The molecular weight excluding hydrogens is 329 g/mol. The lowest BCUT2D eigenvalue weighted by atomic mass is 10.1. The van der Waals surface area contributed by atoms with E-state index in [0.29, 0.717) is 6.29 Å². The Bertz CT molecular complexity index is 908. The molecule has 23 heavy (non-hydrogen) atoms. The fraction of sp³-hybridized carbons (Fsp3) is 0. The first-order chi connectivity index (χ1) is 11.0. The van der Waals surface area contributed by atoms with Gasteiger partial charge in [-0.2, -0.15) is 5.10 Å². The van der Waals surface area contributed by atoms with Gasteiger partial charge in [0.15, 0.2) is 17.9 Å². The van der Waals surface area contributed by atoms with Gasteiger partial charge in [0.1, 0.15) is 16.7 Å². The van der Waals surface area contributed by atoms with Gasteiger partial charge in [0.25, 0.3) is 0 Å². The van der Waals surface area contributed by atoms with Crippen LogP contribution in [-0.2, 0) is 0 Å². The Morgan fingerprint density at radius 1 is 1.00 bits per heavy atom. The van der Waals surface area contributed by atoms with Crippen molar-refractivity contribution in [2.75, 3.05) is 0 Å². The summed E-state index contributed by atoms with van der Waals surface area (Å²) in [5.41, 5.74) is 0.173. The Morgan fingerprint density at radius 3 is 2.39 bits per heavy atom. The molecule has 0 unspecified atom stereocenters. The van der Waals surface area contributed by atoms with E-state index in [0.717, 1.165) is 16.8 Å². The fourth-order valence-corrected chi connectivity index (χ4v) is 2.42. The van der Waals surface area contributed by atoms with E-state index < -0.39 is 17.5 Å². The van der Waals surface area contributed by atoms with E-state index in [2.05, 4.69) is 5.10 Å². The highest BCUT2D eigenvalue weighted by atomic mass is 35.5. The van der Waals surface area contributed by atoms with Gasteiger partial charge in [-0.25, -0.2) is 17.9 Å². The second-order valence-electron chi connectivity index (χ2n) is 4.66. The molecule has 0 aliphatic heterocycles. The van der Waals surface area contributed by atoms with Crippen LogP contribution in [0.3, 0.4) is 0 Å². The summed E-state index contributed by atoms with van der Waals surface area (Å²) in [7, 11) is 0. The lowest BCUT2D eigenvalue weighted by Crippen LogP contribution is -1.99. The predicted molar refractivity (Wildman–Crippen MR) is 79.3 cm³/mol. The van der Waals surface area contributed by atoms with Gasteiger partial charge < -0.3 is 0 Å². The van der Waals surface area contributed by atoms with E-state index in [1.54, 1.807) is 6.07 Å². The summed E-state index contributed by atoms with van der Waals surface area (Å²) in [6.07, 6.45) is 0.438. The first-order valence-corrected chi connectivity index (χ1v) is 6.84. The van der Waals surface area contributed by atoms with Crippen LogP contribution in [0.25, 0.3) is 16.9 Å². The first kappa shape index (κ1) is 15.3. The molecule has 0 amide bonds. The van der Waals surface area contributed by atoms with Crippen molar-refractivity contribution in [1.82, 2.24) is 9.78 Å². The van der Waals surface area contributed by atoms with E-state index >= 15 is 0 Å². The SMILES string of the molecule is O=Cc1c(-c2ccccc2F)nn(-c2ccc(F)c(F)c2)c1Cl. The van der Waals surface area contributed by atoms with E-state index in [9.17, 15) is 18.0 Å². The molecule has 0 fully saturated rings. The highest BCUT2D eigenvalue weighted by molar-refractivity contribution is 6.32. The Balaban J connectivity index is 2.23. The number of carbonyl (C=O) groups is 1. The number of hydrogen-bond donors (Lipinski definition) is 0. The van der Waals surface area contributed by atoms with Crippen LogP contribution in [0.15, 0.2) is 42.5 Å². The Morgan fingerprint density at radius 2 is 1.74 bits per heavy atom. The van der Waals surface area contributed by atoms with Gasteiger partial charge in [-0.1, -0.05) is 23.7 Å². The van der Waals surface area contributed by atoms with Gasteiger partial charge >= 0.3 is 0 Å². The fourth-order valence-electron chi connectivity index (χ4n) is 2.15. The molecule has 1 aromatic heterocycles. The molecule has 0 aliphatic rings. The average Bonchev–Trinajstić information content (AvgIpc) is 2.87. The van der Waals surface area contributed by atoms with Crippen molar-refractivity contribution in [3.05, 3.63) is 70.6 Å². The predicted octanol–water partition coefficient (Wildman–Crippen LogP) is 4.42. The summed E-state index contributed by atoms with van der Waals surface area (Å²) < 4.78 is 41.4. The molecule has 3 aromatic rings. The smallest absolute Gasteiger partial charge is 0.160 e. The molecule has 3 rings (SSSR count).